The van der Waals surface area contributed by atoms with E-state index in [-0.39, 0.29) is 0 Å². The van der Waals surface area contributed by atoms with Gasteiger partial charge >= 0.3 is 4.83 Å². The van der Waals surface area contributed by atoms with Gasteiger partial charge in [0.2, 0.25) is 0 Å². The van der Waals surface area contributed by atoms with E-state index in [1.165, 1.54) is 0 Å². The predicted molar refractivity (Wildman–Crippen MR) is 54.5 cm³/mol. The molecular formula is C8H3Br2F2NO. The summed E-state index contributed by atoms with van der Waals surface area (Å²) in [6, 6.07) is 4.90. The second-order valence-corrected chi connectivity index (χ2v) is 4.54. The maximum Gasteiger partial charge on any atom is 0.375 e. The van der Waals surface area contributed by atoms with Crippen LogP contribution in [0.3, 0.4) is 0 Å². The van der Waals surface area contributed by atoms with E-state index in [1.807, 2.05) is 0 Å². The molecule has 74 valence electrons. The predicted octanol–water partition coefficient (Wildman–Crippen LogP) is 4.03. The third-order valence-electron chi connectivity index (χ3n) is 1.59. The van der Waals surface area contributed by atoms with Crippen molar-refractivity contribution in [2.45, 2.75) is 4.83 Å². The summed E-state index contributed by atoms with van der Waals surface area (Å²) in [6.07, 6.45) is 0. The highest BCUT2D eigenvalue weighted by Gasteiger charge is 2.33. The van der Waals surface area contributed by atoms with Crippen molar-refractivity contribution in [2.75, 3.05) is 0 Å². The second-order valence-electron chi connectivity index (χ2n) is 2.63. The van der Waals surface area contributed by atoms with Crippen molar-refractivity contribution in [3.63, 3.8) is 0 Å². The maximum atomic E-state index is 12.7. The fraction of sp³-hybridized carbons (Fsp3) is 0.125. The number of fused-ring (bicyclic) bond motifs is 1. The van der Waals surface area contributed by atoms with Crippen molar-refractivity contribution in [1.82, 2.24) is 4.98 Å². The standard InChI is InChI=1S/C8H3Br2F2NO/c9-4-1-2-5-6(3-4)14-7(13-5)8(10,11)12/h1-3H. The molecule has 0 fully saturated rings. The average molecular weight is 327 g/mol. The summed E-state index contributed by atoms with van der Waals surface area (Å²) in [5, 5.41) is 0. The molecule has 0 aliphatic carbocycles. The highest BCUT2D eigenvalue weighted by atomic mass is 79.9. The molecule has 0 aliphatic heterocycles. The Morgan fingerprint density at radius 2 is 2.07 bits per heavy atom. The van der Waals surface area contributed by atoms with Crippen LogP contribution in [0.5, 0.6) is 0 Å². The number of aromatic nitrogens is 1. The van der Waals surface area contributed by atoms with Crippen LogP contribution in [0.2, 0.25) is 0 Å². The van der Waals surface area contributed by atoms with Crippen LogP contribution in [0.15, 0.2) is 27.1 Å². The molecule has 2 rings (SSSR count). The Hall–Kier alpha value is -0.490. The van der Waals surface area contributed by atoms with E-state index in [4.69, 9.17) is 4.42 Å². The van der Waals surface area contributed by atoms with E-state index < -0.39 is 10.7 Å². The number of nitrogens with zero attached hydrogens (tertiary/aromatic N) is 1. The van der Waals surface area contributed by atoms with Gasteiger partial charge in [-0.3, -0.25) is 0 Å². The van der Waals surface area contributed by atoms with Gasteiger partial charge in [0.25, 0.3) is 5.89 Å². The summed E-state index contributed by atoms with van der Waals surface area (Å²) >= 11 is 5.39. The Labute approximate surface area is 94.6 Å². The topological polar surface area (TPSA) is 26.0 Å². The third kappa shape index (κ3) is 1.81. The van der Waals surface area contributed by atoms with Gasteiger partial charge in [0, 0.05) is 20.4 Å². The van der Waals surface area contributed by atoms with Crippen LogP contribution in [0.4, 0.5) is 8.78 Å². The monoisotopic (exact) mass is 325 g/mol. The lowest BCUT2D eigenvalue weighted by molar-refractivity contribution is 0.0823. The van der Waals surface area contributed by atoms with Crippen LogP contribution >= 0.6 is 31.9 Å². The van der Waals surface area contributed by atoms with Crippen LogP contribution < -0.4 is 0 Å². The highest BCUT2D eigenvalue weighted by molar-refractivity contribution is 9.10. The van der Waals surface area contributed by atoms with E-state index in [0.717, 1.165) is 4.47 Å². The molecule has 2 nitrogen and oxygen atoms in total. The number of benzene rings is 1. The molecule has 0 unspecified atom stereocenters. The Bertz CT molecular complexity index is 478. The van der Waals surface area contributed by atoms with E-state index in [9.17, 15) is 8.78 Å². The molecule has 0 saturated carbocycles. The molecule has 0 aliphatic rings. The van der Waals surface area contributed by atoms with Crippen molar-refractivity contribution in [1.29, 1.82) is 0 Å². The van der Waals surface area contributed by atoms with Crippen molar-refractivity contribution in [2.24, 2.45) is 0 Å². The Balaban J connectivity index is 2.63. The Morgan fingerprint density at radius 3 is 2.71 bits per heavy atom. The largest absolute Gasteiger partial charge is 0.434 e. The SMILES string of the molecule is FC(F)(Br)c1nc2ccc(Br)cc2o1. The minimum absolute atomic E-state index is 0.327. The Morgan fingerprint density at radius 1 is 1.36 bits per heavy atom. The van der Waals surface area contributed by atoms with Gasteiger partial charge in [-0.25, -0.2) is 4.98 Å². The molecule has 1 aromatic heterocycles. The maximum absolute atomic E-state index is 12.7. The number of oxazole rings is 1. The van der Waals surface area contributed by atoms with Gasteiger partial charge < -0.3 is 4.42 Å². The number of hydrogen-bond acceptors (Lipinski definition) is 2. The van der Waals surface area contributed by atoms with Crippen LogP contribution in [0, 0.1) is 0 Å². The molecule has 0 radical (unpaired) electrons. The third-order valence-corrected chi connectivity index (χ3v) is 2.43. The first-order valence-corrected chi connectivity index (χ1v) is 5.19. The van der Waals surface area contributed by atoms with E-state index >= 15 is 0 Å². The molecule has 0 atom stereocenters. The van der Waals surface area contributed by atoms with Crippen LogP contribution in [0.25, 0.3) is 11.1 Å². The molecule has 14 heavy (non-hydrogen) atoms. The summed E-state index contributed by atoms with van der Waals surface area (Å²) in [4.78, 5) is 0.417. The molecule has 0 spiro atoms. The van der Waals surface area contributed by atoms with Gasteiger partial charge in [-0.1, -0.05) is 15.9 Å². The van der Waals surface area contributed by atoms with Crippen LogP contribution in [-0.4, -0.2) is 4.98 Å². The van der Waals surface area contributed by atoms with E-state index in [0.29, 0.717) is 11.1 Å². The summed E-state index contributed by atoms with van der Waals surface area (Å²) < 4.78 is 31.1. The van der Waals surface area contributed by atoms with Crippen molar-refractivity contribution >= 4 is 43.0 Å². The molecule has 0 N–H and O–H groups in total. The lowest BCUT2D eigenvalue weighted by Crippen LogP contribution is -2.01. The zero-order valence-corrected chi connectivity index (χ0v) is 9.77. The van der Waals surface area contributed by atoms with Gasteiger partial charge in [-0.2, -0.15) is 8.78 Å². The second kappa shape index (κ2) is 3.27. The lowest BCUT2D eigenvalue weighted by atomic mass is 10.3. The molecule has 0 bridgehead atoms. The lowest BCUT2D eigenvalue weighted by Gasteiger charge is -1.99. The van der Waals surface area contributed by atoms with Crippen LogP contribution in [0.1, 0.15) is 5.89 Å². The minimum Gasteiger partial charge on any atom is -0.434 e. The summed E-state index contributed by atoms with van der Waals surface area (Å²) in [5.41, 5.74) is 0.732. The molecule has 1 heterocycles. The Kier molecular flexibility index (Phi) is 2.35. The quantitative estimate of drug-likeness (QED) is 0.739. The molecule has 1 aromatic carbocycles. The van der Waals surface area contributed by atoms with Crippen molar-refractivity contribution < 1.29 is 13.2 Å². The molecule has 6 heteroatoms. The number of halogens is 4. The minimum atomic E-state index is -3.22. The first-order chi connectivity index (χ1) is 6.47. The number of alkyl halides is 3. The van der Waals surface area contributed by atoms with Gasteiger partial charge in [-0.05, 0) is 18.2 Å². The van der Waals surface area contributed by atoms with Gasteiger partial charge in [0.15, 0.2) is 5.58 Å². The summed E-state index contributed by atoms with van der Waals surface area (Å²) in [6.45, 7) is 0. The number of hydrogen-bond donors (Lipinski definition) is 0. The molecule has 0 amide bonds. The van der Waals surface area contributed by atoms with Crippen molar-refractivity contribution in [3.8, 4) is 0 Å². The first-order valence-electron chi connectivity index (χ1n) is 3.60. The molecule has 2 aromatic rings. The van der Waals surface area contributed by atoms with Gasteiger partial charge in [0.1, 0.15) is 5.52 Å². The smallest absolute Gasteiger partial charge is 0.375 e. The average Bonchev–Trinajstić information content (AvgIpc) is 2.45. The zero-order valence-electron chi connectivity index (χ0n) is 6.60. The zero-order chi connectivity index (χ0) is 10.3. The van der Waals surface area contributed by atoms with Gasteiger partial charge in [-0.15, -0.1) is 0 Å². The number of rotatable bonds is 1. The van der Waals surface area contributed by atoms with Gasteiger partial charge in [0.05, 0.1) is 0 Å². The summed E-state index contributed by atoms with van der Waals surface area (Å²) in [5.74, 6) is -0.634. The molecule has 0 saturated heterocycles. The van der Waals surface area contributed by atoms with Crippen LogP contribution in [-0.2, 0) is 4.83 Å². The normalized spacial score (nSPS) is 12.3. The summed E-state index contributed by atoms with van der Waals surface area (Å²) in [7, 11) is 0. The fourth-order valence-corrected chi connectivity index (χ4v) is 1.53. The van der Waals surface area contributed by atoms with Crippen molar-refractivity contribution in [3.05, 3.63) is 28.6 Å². The first kappa shape index (κ1) is 10.0. The fourth-order valence-electron chi connectivity index (χ4n) is 1.02. The van der Waals surface area contributed by atoms with E-state index in [2.05, 4.69) is 36.8 Å². The molecular weight excluding hydrogens is 324 g/mol. The highest BCUT2D eigenvalue weighted by Crippen LogP contribution is 2.35. The van der Waals surface area contributed by atoms with E-state index in [1.54, 1.807) is 18.2 Å².